The van der Waals surface area contributed by atoms with Crippen LogP contribution in [0.4, 0.5) is 5.13 Å². The molecule has 1 aromatic heterocycles. The molecule has 3 rings (SSSR count). The maximum absolute atomic E-state index is 12.2. The number of anilines is 1. The molecule has 0 spiro atoms. The first-order valence-electron chi connectivity index (χ1n) is 6.79. The van der Waals surface area contributed by atoms with Gasteiger partial charge in [-0.15, -0.1) is 11.3 Å². The highest BCUT2D eigenvalue weighted by Crippen LogP contribution is 2.30. The Labute approximate surface area is 152 Å². The zero-order valence-electron chi connectivity index (χ0n) is 12.1. The van der Waals surface area contributed by atoms with Gasteiger partial charge in [0.1, 0.15) is 0 Å². The van der Waals surface area contributed by atoms with Crippen LogP contribution < -0.4 is 5.32 Å². The number of hydrogen-bond acceptors (Lipinski definition) is 4. The van der Waals surface area contributed by atoms with Gasteiger partial charge in [-0.1, -0.05) is 29.3 Å². The van der Waals surface area contributed by atoms with E-state index in [2.05, 4.69) is 10.3 Å². The zero-order valence-corrected chi connectivity index (χ0v) is 14.4. The van der Waals surface area contributed by atoms with Crippen LogP contribution in [-0.4, -0.2) is 10.9 Å². The Balaban J connectivity index is 1.76. The molecule has 7 heteroatoms. The summed E-state index contributed by atoms with van der Waals surface area (Å²) >= 11 is 13.2. The Morgan fingerprint density at radius 3 is 2.54 bits per heavy atom. The second-order valence-corrected chi connectivity index (χ2v) is 6.48. The third-order valence-electron chi connectivity index (χ3n) is 3.22. The van der Waals surface area contributed by atoms with Gasteiger partial charge in [0, 0.05) is 16.5 Å². The van der Waals surface area contributed by atoms with Crippen LogP contribution >= 0.6 is 34.5 Å². The van der Waals surface area contributed by atoms with Crippen molar-refractivity contribution >= 4 is 45.6 Å². The number of thiazole rings is 1. The van der Waals surface area contributed by atoms with Crippen LogP contribution in [-0.2, 0) is 0 Å². The lowest BCUT2D eigenvalue weighted by atomic mass is 10.1. The van der Waals surface area contributed by atoms with Gasteiger partial charge in [0.15, 0.2) is 5.13 Å². The van der Waals surface area contributed by atoms with Gasteiger partial charge in [-0.3, -0.25) is 10.1 Å². The smallest absolute Gasteiger partial charge is 0.257 e. The maximum Gasteiger partial charge on any atom is 0.257 e. The first kappa shape index (κ1) is 16.5. The van der Waals surface area contributed by atoms with Gasteiger partial charge in [0.25, 0.3) is 5.91 Å². The van der Waals surface area contributed by atoms with E-state index in [1.54, 1.807) is 36.4 Å². The molecule has 0 unspecified atom stereocenters. The van der Waals surface area contributed by atoms with Crippen molar-refractivity contribution in [3.63, 3.8) is 0 Å². The second kappa shape index (κ2) is 7.02. The highest BCUT2D eigenvalue weighted by atomic mass is 35.5. The van der Waals surface area contributed by atoms with Gasteiger partial charge >= 0.3 is 0 Å². The highest BCUT2D eigenvalue weighted by molar-refractivity contribution is 7.14. The van der Waals surface area contributed by atoms with E-state index >= 15 is 0 Å². The van der Waals surface area contributed by atoms with E-state index in [0.717, 1.165) is 5.56 Å². The summed E-state index contributed by atoms with van der Waals surface area (Å²) in [5, 5.41) is 14.7. The standard InChI is InChI=1S/C17H9Cl2N3OS/c18-13-6-5-12(7-14(13)19)15-9-24-17(21-15)22-16(23)11-3-1-10(8-20)2-4-11/h1-7,9H,(H,21,22,23). The van der Waals surface area contributed by atoms with E-state index in [-0.39, 0.29) is 5.91 Å². The van der Waals surface area contributed by atoms with Crippen LogP contribution in [0.15, 0.2) is 47.8 Å². The van der Waals surface area contributed by atoms with E-state index in [9.17, 15) is 4.79 Å². The summed E-state index contributed by atoms with van der Waals surface area (Å²) in [5.74, 6) is -0.283. The van der Waals surface area contributed by atoms with Gasteiger partial charge in [0.2, 0.25) is 0 Å². The van der Waals surface area contributed by atoms with Gasteiger partial charge in [0.05, 0.1) is 27.4 Å². The average molecular weight is 374 g/mol. The molecule has 0 bridgehead atoms. The molecule has 0 aliphatic carbocycles. The van der Waals surface area contributed by atoms with Crippen molar-refractivity contribution in [2.45, 2.75) is 0 Å². The van der Waals surface area contributed by atoms with Crippen molar-refractivity contribution in [3.05, 3.63) is 69.0 Å². The number of carbonyl (C=O) groups is 1. The largest absolute Gasteiger partial charge is 0.298 e. The summed E-state index contributed by atoms with van der Waals surface area (Å²) in [4.78, 5) is 16.6. The quantitative estimate of drug-likeness (QED) is 0.682. The predicted molar refractivity (Wildman–Crippen MR) is 96.7 cm³/mol. The van der Waals surface area contributed by atoms with Crippen LogP contribution in [0.5, 0.6) is 0 Å². The molecule has 0 aliphatic rings. The fraction of sp³-hybridized carbons (Fsp3) is 0. The highest BCUT2D eigenvalue weighted by Gasteiger charge is 2.11. The molecule has 2 aromatic carbocycles. The number of benzene rings is 2. The van der Waals surface area contributed by atoms with Crippen molar-refractivity contribution in [2.24, 2.45) is 0 Å². The summed E-state index contributed by atoms with van der Waals surface area (Å²) in [5.41, 5.74) is 2.48. The Bertz CT molecular complexity index is 945. The van der Waals surface area contributed by atoms with Crippen molar-refractivity contribution < 1.29 is 4.79 Å². The second-order valence-electron chi connectivity index (χ2n) is 4.81. The Hall–Kier alpha value is -2.39. The van der Waals surface area contributed by atoms with Crippen LogP contribution in [0.2, 0.25) is 10.0 Å². The molecular formula is C17H9Cl2N3OS. The molecule has 0 saturated heterocycles. The molecule has 24 heavy (non-hydrogen) atoms. The average Bonchev–Trinajstić information content (AvgIpc) is 3.06. The van der Waals surface area contributed by atoms with Gasteiger partial charge in [-0.2, -0.15) is 5.26 Å². The van der Waals surface area contributed by atoms with Crippen molar-refractivity contribution in [3.8, 4) is 17.3 Å². The summed E-state index contributed by atoms with van der Waals surface area (Å²) in [6.45, 7) is 0. The van der Waals surface area contributed by atoms with Gasteiger partial charge in [-0.05, 0) is 36.4 Å². The fourth-order valence-corrected chi connectivity index (χ4v) is 3.00. The number of aromatic nitrogens is 1. The van der Waals surface area contributed by atoms with Crippen LogP contribution in [0.1, 0.15) is 15.9 Å². The molecule has 1 N–H and O–H groups in total. The molecule has 0 fully saturated rings. The zero-order chi connectivity index (χ0) is 17.1. The number of hydrogen-bond donors (Lipinski definition) is 1. The minimum Gasteiger partial charge on any atom is -0.298 e. The number of rotatable bonds is 3. The van der Waals surface area contributed by atoms with Crippen molar-refractivity contribution in [2.75, 3.05) is 5.32 Å². The van der Waals surface area contributed by atoms with E-state index in [1.807, 2.05) is 17.5 Å². The number of halogens is 2. The maximum atomic E-state index is 12.2. The molecule has 4 nitrogen and oxygen atoms in total. The van der Waals surface area contributed by atoms with Gasteiger partial charge in [-0.25, -0.2) is 4.98 Å². The van der Waals surface area contributed by atoms with Crippen molar-refractivity contribution in [1.29, 1.82) is 5.26 Å². The minimum atomic E-state index is -0.283. The molecule has 1 heterocycles. The molecule has 3 aromatic rings. The lowest BCUT2D eigenvalue weighted by Crippen LogP contribution is -2.11. The summed E-state index contributed by atoms with van der Waals surface area (Å²) in [7, 11) is 0. The lowest BCUT2D eigenvalue weighted by Gasteiger charge is -2.02. The number of nitriles is 1. The van der Waals surface area contributed by atoms with E-state index in [0.29, 0.717) is 32.0 Å². The number of nitrogens with zero attached hydrogens (tertiary/aromatic N) is 2. The molecule has 0 radical (unpaired) electrons. The summed E-state index contributed by atoms with van der Waals surface area (Å²) in [6.07, 6.45) is 0. The SMILES string of the molecule is N#Cc1ccc(C(=O)Nc2nc(-c3ccc(Cl)c(Cl)c3)cs2)cc1. The minimum absolute atomic E-state index is 0.283. The topological polar surface area (TPSA) is 65.8 Å². The molecular weight excluding hydrogens is 365 g/mol. The first-order valence-corrected chi connectivity index (χ1v) is 8.43. The van der Waals surface area contributed by atoms with Crippen LogP contribution in [0.25, 0.3) is 11.3 Å². The molecule has 0 aliphatic heterocycles. The van der Waals surface area contributed by atoms with Crippen molar-refractivity contribution in [1.82, 2.24) is 4.98 Å². The van der Waals surface area contributed by atoms with Crippen LogP contribution in [0, 0.1) is 11.3 Å². The molecule has 0 atom stereocenters. The van der Waals surface area contributed by atoms with Crippen LogP contribution in [0.3, 0.4) is 0 Å². The number of nitrogens with one attached hydrogen (secondary N) is 1. The van der Waals surface area contributed by atoms with Gasteiger partial charge < -0.3 is 0 Å². The third-order valence-corrected chi connectivity index (χ3v) is 4.71. The Kier molecular flexibility index (Phi) is 4.81. The number of amides is 1. The summed E-state index contributed by atoms with van der Waals surface area (Å²) < 4.78 is 0. The Morgan fingerprint density at radius 1 is 1.12 bits per heavy atom. The first-order chi connectivity index (χ1) is 11.6. The summed E-state index contributed by atoms with van der Waals surface area (Å²) in [6, 6.07) is 13.6. The van der Waals surface area contributed by atoms with E-state index < -0.39 is 0 Å². The predicted octanol–water partition coefficient (Wildman–Crippen LogP) is 5.24. The lowest BCUT2D eigenvalue weighted by molar-refractivity contribution is 0.102. The normalized spacial score (nSPS) is 10.2. The van der Waals surface area contributed by atoms with E-state index in [1.165, 1.54) is 11.3 Å². The van der Waals surface area contributed by atoms with E-state index in [4.69, 9.17) is 28.5 Å². The molecule has 0 saturated carbocycles. The third kappa shape index (κ3) is 3.57. The molecule has 118 valence electrons. The molecule has 1 amide bonds. The fourth-order valence-electron chi connectivity index (χ4n) is 1.98. The monoisotopic (exact) mass is 373 g/mol. The Morgan fingerprint density at radius 2 is 1.88 bits per heavy atom. The number of carbonyl (C=O) groups excluding carboxylic acids is 1.